The number of nitrogens with one attached hydrogen (secondary N) is 1. The van der Waals surface area contributed by atoms with Gasteiger partial charge in [-0.1, -0.05) is 23.8 Å². The zero-order chi connectivity index (χ0) is 22.1. The van der Waals surface area contributed by atoms with Gasteiger partial charge in [-0.3, -0.25) is 18.7 Å². The Morgan fingerprint density at radius 1 is 1.06 bits per heavy atom. The average Bonchev–Trinajstić information content (AvgIpc) is 3.24. The van der Waals surface area contributed by atoms with Gasteiger partial charge in [0, 0.05) is 16.8 Å². The molecule has 31 heavy (non-hydrogen) atoms. The Hall–Kier alpha value is -3.52. The van der Waals surface area contributed by atoms with Crippen molar-refractivity contribution >= 4 is 34.0 Å². The largest absolute Gasteiger partial charge is 0.333 e. The minimum Gasteiger partial charge on any atom is -0.324 e. The lowest BCUT2D eigenvalue weighted by atomic mass is 10.1. The molecule has 0 aliphatic carbocycles. The van der Waals surface area contributed by atoms with E-state index in [0.29, 0.717) is 5.39 Å². The summed E-state index contributed by atoms with van der Waals surface area (Å²) in [6, 6.07) is 11.0. The molecule has 4 rings (SSSR count). The molecule has 8 heteroatoms. The number of aromatic nitrogens is 3. The van der Waals surface area contributed by atoms with Crippen molar-refractivity contribution in [2.24, 2.45) is 0 Å². The summed E-state index contributed by atoms with van der Waals surface area (Å²) in [5, 5.41) is 5.10. The smallest absolute Gasteiger partial charge is 0.324 e. The van der Waals surface area contributed by atoms with Gasteiger partial charge < -0.3 is 5.32 Å². The monoisotopic (exact) mass is 434 g/mol. The molecule has 0 aliphatic heterocycles. The van der Waals surface area contributed by atoms with Gasteiger partial charge in [0.15, 0.2) is 0 Å². The van der Waals surface area contributed by atoms with E-state index in [1.54, 1.807) is 12.1 Å². The van der Waals surface area contributed by atoms with Crippen LogP contribution in [-0.2, 0) is 17.9 Å². The minimum atomic E-state index is -0.558. The van der Waals surface area contributed by atoms with E-state index in [1.807, 2.05) is 50.4 Å². The number of hydrogen-bond acceptors (Lipinski definition) is 5. The van der Waals surface area contributed by atoms with Gasteiger partial charge >= 0.3 is 5.69 Å². The lowest BCUT2D eigenvalue weighted by molar-refractivity contribution is -0.116. The lowest BCUT2D eigenvalue weighted by Crippen LogP contribution is -2.42. The Morgan fingerprint density at radius 3 is 2.48 bits per heavy atom. The van der Waals surface area contributed by atoms with Gasteiger partial charge in [-0.15, -0.1) is 11.3 Å². The Labute approximate surface area is 182 Å². The highest BCUT2D eigenvalue weighted by atomic mass is 32.1. The summed E-state index contributed by atoms with van der Waals surface area (Å²) in [5.74, 6) is -0.356. The van der Waals surface area contributed by atoms with Crippen molar-refractivity contribution in [3.63, 3.8) is 0 Å². The molecular weight excluding hydrogens is 412 g/mol. The van der Waals surface area contributed by atoms with Crippen molar-refractivity contribution in [1.82, 2.24) is 14.1 Å². The van der Waals surface area contributed by atoms with E-state index in [-0.39, 0.29) is 24.6 Å². The third-order valence-electron chi connectivity index (χ3n) is 5.12. The maximum absolute atomic E-state index is 13.2. The third kappa shape index (κ3) is 4.06. The first-order chi connectivity index (χ1) is 14.8. The molecule has 158 valence electrons. The van der Waals surface area contributed by atoms with Gasteiger partial charge in [-0.05, 0) is 55.5 Å². The van der Waals surface area contributed by atoms with E-state index in [2.05, 4.69) is 10.3 Å². The van der Waals surface area contributed by atoms with Gasteiger partial charge in [0.2, 0.25) is 5.91 Å². The minimum absolute atomic E-state index is 0.151. The average molecular weight is 435 g/mol. The highest BCUT2D eigenvalue weighted by Gasteiger charge is 2.17. The molecule has 1 aromatic carbocycles. The summed E-state index contributed by atoms with van der Waals surface area (Å²) in [6.45, 7) is 5.77. The second-order valence-corrected chi connectivity index (χ2v) is 8.57. The highest BCUT2D eigenvalue weighted by Crippen LogP contribution is 2.22. The lowest BCUT2D eigenvalue weighted by Gasteiger charge is -2.15. The molecule has 0 saturated carbocycles. The first-order valence-electron chi connectivity index (χ1n) is 9.83. The number of fused-ring (bicyclic) bond motifs is 1. The molecule has 0 unspecified atom stereocenters. The molecule has 4 aromatic rings. The highest BCUT2D eigenvalue weighted by molar-refractivity contribution is 7.09. The SMILES string of the molecule is Cc1cc(C)c(NC(=O)Cn2c(=O)n(Cc3cccs3)c(=O)c3cccnc32)c(C)c1. The summed E-state index contributed by atoms with van der Waals surface area (Å²) in [4.78, 5) is 44.1. The fourth-order valence-corrected chi connectivity index (χ4v) is 4.48. The number of nitrogens with zero attached hydrogens (tertiary/aromatic N) is 3. The van der Waals surface area contributed by atoms with Crippen LogP contribution in [0.3, 0.4) is 0 Å². The van der Waals surface area contributed by atoms with Crippen LogP contribution >= 0.6 is 11.3 Å². The van der Waals surface area contributed by atoms with Gasteiger partial charge in [-0.2, -0.15) is 0 Å². The second-order valence-electron chi connectivity index (χ2n) is 7.54. The molecule has 0 spiro atoms. The van der Waals surface area contributed by atoms with Crippen LogP contribution in [0.2, 0.25) is 0 Å². The van der Waals surface area contributed by atoms with E-state index in [0.717, 1.165) is 31.8 Å². The molecule has 0 saturated heterocycles. The topological polar surface area (TPSA) is 86.0 Å². The van der Waals surface area contributed by atoms with E-state index >= 15 is 0 Å². The van der Waals surface area contributed by atoms with E-state index < -0.39 is 11.2 Å². The number of rotatable bonds is 5. The molecule has 3 aromatic heterocycles. The fourth-order valence-electron chi connectivity index (χ4n) is 3.79. The van der Waals surface area contributed by atoms with Gasteiger partial charge in [0.25, 0.3) is 5.56 Å². The zero-order valence-corrected chi connectivity index (χ0v) is 18.3. The standard InChI is InChI=1S/C23H22N4O3S/c1-14-10-15(2)20(16(3)11-14)25-19(28)13-26-21-18(7-4-8-24-21)22(29)27(23(26)30)12-17-6-5-9-31-17/h4-11H,12-13H2,1-3H3,(H,25,28). The quantitative estimate of drug-likeness (QED) is 0.523. The van der Waals surface area contributed by atoms with Crippen LogP contribution in [0.5, 0.6) is 0 Å². The van der Waals surface area contributed by atoms with Crippen LogP contribution in [0, 0.1) is 20.8 Å². The number of anilines is 1. The zero-order valence-electron chi connectivity index (χ0n) is 17.5. The molecule has 1 amide bonds. The van der Waals surface area contributed by atoms with E-state index in [9.17, 15) is 14.4 Å². The maximum Gasteiger partial charge on any atom is 0.333 e. The predicted octanol–water partition coefficient (Wildman–Crippen LogP) is 3.23. The molecule has 0 radical (unpaired) electrons. The fraction of sp³-hybridized carbons (Fsp3) is 0.217. The number of benzene rings is 1. The maximum atomic E-state index is 13.2. The first-order valence-corrected chi connectivity index (χ1v) is 10.7. The molecule has 7 nitrogen and oxygen atoms in total. The van der Waals surface area contributed by atoms with Crippen molar-refractivity contribution in [3.8, 4) is 0 Å². The molecule has 3 heterocycles. The number of hydrogen-bond donors (Lipinski definition) is 1. The van der Waals surface area contributed by atoms with Crippen LogP contribution in [0.4, 0.5) is 5.69 Å². The van der Waals surface area contributed by atoms with Crippen molar-refractivity contribution in [2.45, 2.75) is 33.9 Å². The van der Waals surface area contributed by atoms with E-state index in [1.165, 1.54) is 22.1 Å². The molecule has 0 bridgehead atoms. The van der Waals surface area contributed by atoms with Crippen LogP contribution in [0.25, 0.3) is 11.0 Å². The Balaban J connectivity index is 1.76. The second kappa shape index (κ2) is 8.31. The molecule has 1 N–H and O–H groups in total. The molecule has 0 fully saturated rings. The van der Waals surface area contributed by atoms with Crippen molar-refractivity contribution in [3.05, 3.63) is 90.4 Å². The van der Waals surface area contributed by atoms with Crippen molar-refractivity contribution in [2.75, 3.05) is 5.32 Å². The number of thiophene rings is 1. The summed E-state index contributed by atoms with van der Waals surface area (Å²) in [6.07, 6.45) is 1.51. The summed E-state index contributed by atoms with van der Waals surface area (Å²) < 4.78 is 2.42. The first kappa shape index (κ1) is 20.7. The van der Waals surface area contributed by atoms with E-state index in [4.69, 9.17) is 0 Å². The van der Waals surface area contributed by atoms with Crippen LogP contribution < -0.4 is 16.6 Å². The number of carbonyl (C=O) groups is 1. The Kier molecular flexibility index (Phi) is 5.56. The van der Waals surface area contributed by atoms with Crippen LogP contribution in [-0.4, -0.2) is 20.0 Å². The molecular formula is C23H22N4O3S. The Morgan fingerprint density at radius 2 is 1.81 bits per heavy atom. The van der Waals surface area contributed by atoms with Crippen LogP contribution in [0.1, 0.15) is 21.6 Å². The number of carbonyl (C=O) groups excluding carboxylic acids is 1. The third-order valence-corrected chi connectivity index (χ3v) is 5.98. The predicted molar refractivity (Wildman–Crippen MR) is 123 cm³/mol. The molecule has 0 aliphatic rings. The van der Waals surface area contributed by atoms with Crippen molar-refractivity contribution < 1.29 is 4.79 Å². The van der Waals surface area contributed by atoms with Gasteiger partial charge in [0.1, 0.15) is 12.2 Å². The number of pyridine rings is 1. The van der Waals surface area contributed by atoms with Crippen LogP contribution in [0.15, 0.2) is 57.6 Å². The normalized spacial score (nSPS) is 11.1. The molecule has 0 atom stereocenters. The van der Waals surface area contributed by atoms with Gasteiger partial charge in [-0.25, -0.2) is 9.78 Å². The number of aryl methyl sites for hydroxylation is 3. The summed E-state index contributed by atoms with van der Waals surface area (Å²) in [7, 11) is 0. The number of amides is 1. The van der Waals surface area contributed by atoms with Crippen molar-refractivity contribution in [1.29, 1.82) is 0 Å². The Bertz CT molecular complexity index is 1380. The van der Waals surface area contributed by atoms with Gasteiger partial charge in [0.05, 0.1) is 11.9 Å². The summed E-state index contributed by atoms with van der Waals surface area (Å²) in [5.41, 5.74) is 2.97. The summed E-state index contributed by atoms with van der Waals surface area (Å²) >= 11 is 1.46.